The van der Waals surface area contributed by atoms with Crippen molar-refractivity contribution in [3.63, 3.8) is 0 Å². The Hall–Kier alpha value is -0.130. The minimum absolute atomic E-state index is 0.116. The molecule has 4 fully saturated rings. The van der Waals surface area contributed by atoms with Crippen LogP contribution in [0.15, 0.2) is 0 Å². The smallest absolute Gasteiger partial charge is 0.239 e. The first-order chi connectivity index (χ1) is 6.86. The van der Waals surface area contributed by atoms with Crippen molar-refractivity contribution in [2.24, 2.45) is 16.7 Å². The van der Waals surface area contributed by atoms with Crippen molar-refractivity contribution in [2.45, 2.75) is 38.8 Å². The molecule has 0 N–H and O–H groups in total. The summed E-state index contributed by atoms with van der Waals surface area (Å²) in [6, 6.07) is 0. The number of nitrogens with zero attached hydrogens (tertiary/aromatic N) is 1. The molecule has 2 bridgehead atoms. The molecule has 2 saturated heterocycles. The number of hydroxylamine groups is 1. The fourth-order valence-corrected chi connectivity index (χ4v) is 7.01. The zero-order valence-electron chi connectivity index (χ0n) is 8.99. The van der Waals surface area contributed by atoms with E-state index in [1.807, 2.05) is 0 Å². The summed E-state index contributed by atoms with van der Waals surface area (Å²) >= 11 is 0. The van der Waals surface area contributed by atoms with Crippen LogP contribution in [0, 0.1) is 16.7 Å². The fourth-order valence-electron chi connectivity index (χ4n) is 4.59. The Morgan fingerprint density at radius 1 is 1.40 bits per heavy atom. The third-order valence-electron chi connectivity index (χ3n) is 5.62. The van der Waals surface area contributed by atoms with E-state index >= 15 is 0 Å². The monoisotopic (exact) mass is 229 g/mol. The Morgan fingerprint density at radius 2 is 2.13 bits per heavy atom. The van der Waals surface area contributed by atoms with E-state index in [1.165, 1.54) is 10.9 Å². The zero-order chi connectivity index (χ0) is 10.7. The Balaban J connectivity index is 1.99. The Labute approximate surface area is 89.6 Å². The second-order valence-electron chi connectivity index (χ2n) is 6.10. The van der Waals surface area contributed by atoms with E-state index in [0.717, 1.165) is 12.8 Å². The third kappa shape index (κ3) is 0.626. The van der Waals surface area contributed by atoms with Crippen molar-refractivity contribution >= 4 is 10.0 Å². The highest BCUT2D eigenvalue weighted by atomic mass is 32.2. The van der Waals surface area contributed by atoms with Gasteiger partial charge in [-0.05, 0) is 35.1 Å². The minimum atomic E-state index is -3.12. The van der Waals surface area contributed by atoms with Gasteiger partial charge in [-0.1, -0.05) is 13.8 Å². The highest BCUT2D eigenvalue weighted by molar-refractivity contribution is 7.89. The van der Waals surface area contributed by atoms with Crippen LogP contribution in [0.5, 0.6) is 0 Å². The maximum Gasteiger partial charge on any atom is 0.239 e. The van der Waals surface area contributed by atoms with Crippen molar-refractivity contribution in [3.05, 3.63) is 0 Å². The van der Waals surface area contributed by atoms with Crippen molar-refractivity contribution in [1.82, 2.24) is 4.47 Å². The molecule has 15 heavy (non-hydrogen) atoms. The molecule has 0 amide bonds. The van der Waals surface area contributed by atoms with E-state index in [0.29, 0.717) is 11.7 Å². The van der Waals surface area contributed by atoms with Crippen molar-refractivity contribution < 1.29 is 13.3 Å². The first kappa shape index (κ1) is 8.96. The normalized spacial score (nSPS) is 61.5. The maximum atomic E-state index is 11.9. The van der Waals surface area contributed by atoms with Crippen LogP contribution in [0.25, 0.3) is 0 Å². The summed E-state index contributed by atoms with van der Waals surface area (Å²) in [4.78, 5) is 5.49. The van der Waals surface area contributed by atoms with Gasteiger partial charge in [0, 0.05) is 5.41 Å². The standard InChI is InChI=1S/C10H15NO3S/c1-8(2)7-3-4-9(8)6-15(12,13)11-10(9,5-7)14-11/h7H,3-6H2,1-2H3/t7-,9+,10?,11?/m0/s1. The lowest BCUT2D eigenvalue weighted by Crippen LogP contribution is -2.41. The molecule has 2 spiro atoms. The van der Waals surface area contributed by atoms with Gasteiger partial charge in [-0.3, -0.25) is 4.84 Å². The van der Waals surface area contributed by atoms with Crippen LogP contribution in [0.2, 0.25) is 0 Å². The number of sulfonamides is 1. The van der Waals surface area contributed by atoms with Crippen LogP contribution in [0.4, 0.5) is 0 Å². The Kier molecular flexibility index (Phi) is 1.13. The van der Waals surface area contributed by atoms with Gasteiger partial charge >= 0.3 is 0 Å². The first-order valence-corrected chi connectivity index (χ1v) is 7.19. The molecule has 5 heteroatoms. The number of rotatable bonds is 0. The van der Waals surface area contributed by atoms with Gasteiger partial charge in [0.05, 0.1) is 5.75 Å². The van der Waals surface area contributed by atoms with Crippen molar-refractivity contribution in [3.8, 4) is 0 Å². The van der Waals surface area contributed by atoms with E-state index in [-0.39, 0.29) is 10.8 Å². The highest BCUT2D eigenvalue weighted by Gasteiger charge is 2.88. The zero-order valence-corrected chi connectivity index (χ0v) is 9.80. The summed E-state index contributed by atoms with van der Waals surface area (Å²) in [5, 5.41) is 0. The molecule has 2 unspecified atom stereocenters. The summed E-state index contributed by atoms with van der Waals surface area (Å²) in [6.07, 6.45) is 3.10. The molecule has 84 valence electrons. The Bertz CT molecular complexity index is 471. The SMILES string of the molecule is CC1(C)[C@H]2CC[C@@]13CS(=O)(=O)N1OC13C2. The summed E-state index contributed by atoms with van der Waals surface area (Å²) < 4.78 is 25.1. The van der Waals surface area contributed by atoms with Gasteiger partial charge in [0.25, 0.3) is 0 Å². The van der Waals surface area contributed by atoms with Gasteiger partial charge < -0.3 is 0 Å². The fraction of sp³-hybridized carbons (Fsp3) is 1.00. The molecular formula is C10H15NO3S. The average Bonchev–Trinajstić information content (AvgIpc) is 2.70. The molecule has 4 atom stereocenters. The molecule has 4 nitrogen and oxygen atoms in total. The molecule has 2 saturated carbocycles. The molecular weight excluding hydrogens is 214 g/mol. The maximum absolute atomic E-state index is 11.9. The van der Waals surface area contributed by atoms with E-state index in [1.54, 1.807) is 0 Å². The lowest BCUT2D eigenvalue weighted by Gasteiger charge is -2.36. The van der Waals surface area contributed by atoms with Gasteiger partial charge in [-0.15, -0.1) is 0 Å². The van der Waals surface area contributed by atoms with Crippen LogP contribution in [-0.2, 0) is 14.9 Å². The summed E-state index contributed by atoms with van der Waals surface area (Å²) in [5.74, 6) is 0.946. The number of fused-ring (bicyclic) bond motifs is 1. The van der Waals surface area contributed by atoms with E-state index in [2.05, 4.69) is 13.8 Å². The Morgan fingerprint density at radius 3 is 2.67 bits per heavy atom. The van der Waals surface area contributed by atoms with Crippen LogP contribution < -0.4 is 0 Å². The molecule has 2 aliphatic carbocycles. The molecule has 4 rings (SSSR count). The van der Waals surface area contributed by atoms with Gasteiger partial charge in [-0.2, -0.15) is 0 Å². The summed E-state index contributed by atoms with van der Waals surface area (Å²) in [5.41, 5.74) is -0.424. The predicted molar refractivity (Wildman–Crippen MR) is 53.0 cm³/mol. The van der Waals surface area contributed by atoms with E-state index in [9.17, 15) is 8.42 Å². The third-order valence-corrected chi connectivity index (χ3v) is 7.35. The number of hydrogen-bond donors (Lipinski definition) is 0. The van der Waals surface area contributed by atoms with E-state index < -0.39 is 15.7 Å². The molecule has 4 aliphatic rings. The topological polar surface area (TPSA) is 49.7 Å². The van der Waals surface area contributed by atoms with Gasteiger partial charge in [0.15, 0.2) is 5.72 Å². The quantitative estimate of drug-likeness (QED) is 0.584. The second kappa shape index (κ2) is 1.89. The lowest BCUT2D eigenvalue weighted by molar-refractivity contribution is 0.0724. The van der Waals surface area contributed by atoms with Crippen LogP contribution in [0.1, 0.15) is 33.1 Å². The second-order valence-corrected chi connectivity index (χ2v) is 7.89. The summed E-state index contributed by atoms with van der Waals surface area (Å²) in [6.45, 7) is 4.44. The van der Waals surface area contributed by atoms with E-state index in [4.69, 9.17) is 4.84 Å². The van der Waals surface area contributed by atoms with Gasteiger partial charge in [0.1, 0.15) is 0 Å². The summed E-state index contributed by atoms with van der Waals surface area (Å²) in [7, 11) is -3.12. The average molecular weight is 229 g/mol. The van der Waals surface area contributed by atoms with Gasteiger partial charge in [-0.25, -0.2) is 8.42 Å². The van der Waals surface area contributed by atoms with Gasteiger partial charge in [0.2, 0.25) is 10.0 Å². The predicted octanol–water partition coefficient (Wildman–Crippen LogP) is 1.10. The van der Waals surface area contributed by atoms with Crippen molar-refractivity contribution in [2.75, 3.05) is 5.75 Å². The highest BCUT2D eigenvalue weighted by Crippen LogP contribution is 2.80. The number of hydrogen-bond acceptors (Lipinski definition) is 3. The molecule has 2 heterocycles. The van der Waals surface area contributed by atoms with Crippen molar-refractivity contribution in [1.29, 1.82) is 0 Å². The largest absolute Gasteiger partial charge is 0.255 e. The first-order valence-electron chi connectivity index (χ1n) is 5.58. The molecule has 0 radical (unpaired) electrons. The van der Waals surface area contributed by atoms with Crippen LogP contribution >= 0.6 is 0 Å². The van der Waals surface area contributed by atoms with Crippen LogP contribution in [-0.4, -0.2) is 24.4 Å². The molecule has 2 aliphatic heterocycles. The minimum Gasteiger partial charge on any atom is -0.255 e. The molecule has 0 aromatic rings. The molecule has 0 aromatic carbocycles. The molecule has 0 aromatic heterocycles. The lowest BCUT2D eigenvalue weighted by atomic mass is 9.68. The van der Waals surface area contributed by atoms with Crippen LogP contribution in [0.3, 0.4) is 0 Å².